The summed E-state index contributed by atoms with van der Waals surface area (Å²) in [6, 6.07) is 15.2. The molecule has 0 aliphatic heterocycles. The van der Waals surface area contributed by atoms with Gasteiger partial charge >= 0.3 is 0 Å². The Balaban J connectivity index is 1.95. The van der Waals surface area contributed by atoms with Crippen LogP contribution in [0, 0.1) is 6.92 Å². The van der Waals surface area contributed by atoms with Crippen LogP contribution < -0.4 is 5.32 Å². The summed E-state index contributed by atoms with van der Waals surface area (Å²) in [4.78, 5) is 5.60. The van der Waals surface area contributed by atoms with Crippen molar-refractivity contribution in [1.82, 2.24) is 4.98 Å². The number of hydrogen-bond donors (Lipinski definition) is 1. The highest BCUT2D eigenvalue weighted by atomic mass is 32.1. The number of aryl methyl sites for hydroxylation is 1. The second-order valence-corrected chi connectivity index (χ2v) is 5.95. The van der Waals surface area contributed by atoms with E-state index < -0.39 is 0 Å². The Morgan fingerprint density at radius 2 is 1.89 bits per heavy atom. The van der Waals surface area contributed by atoms with E-state index in [2.05, 4.69) is 66.6 Å². The molecule has 2 aromatic carbocycles. The molecule has 0 bridgehead atoms. The third-order valence-electron chi connectivity index (χ3n) is 3.25. The zero-order valence-electron chi connectivity index (χ0n) is 11.1. The van der Waals surface area contributed by atoms with Crippen molar-refractivity contribution in [3.05, 3.63) is 59.1 Å². The predicted molar refractivity (Wildman–Crippen MR) is 82.8 cm³/mol. The highest BCUT2D eigenvalue weighted by molar-refractivity contribution is 7.15. The van der Waals surface area contributed by atoms with E-state index in [0.29, 0.717) is 0 Å². The van der Waals surface area contributed by atoms with Gasteiger partial charge in [-0.1, -0.05) is 42.5 Å². The van der Waals surface area contributed by atoms with Crippen LogP contribution in [-0.4, -0.2) is 4.98 Å². The van der Waals surface area contributed by atoms with Crippen molar-refractivity contribution < 1.29 is 0 Å². The highest BCUT2D eigenvalue weighted by Gasteiger charge is 2.10. The number of nitrogens with zero attached hydrogens (tertiary/aromatic N) is 1. The standard InChI is InChI=1S/C16H16N2S/c1-11-10-17-16(19-11)18-12(2)14-9-5-7-13-6-3-4-8-15(13)14/h3-10,12H,1-2H3,(H,17,18). The van der Waals surface area contributed by atoms with Crippen LogP contribution in [0.15, 0.2) is 48.7 Å². The van der Waals surface area contributed by atoms with Crippen molar-refractivity contribution in [2.75, 3.05) is 5.32 Å². The fourth-order valence-electron chi connectivity index (χ4n) is 2.31. The van der Waals surface area contributed by atoms with E-state index in [1.54, 1.807) is 11.3 Å². The van der Waals surface area contributed by atoms with Gasteiger partial charge in [0.2, 0.25) is 0 Å². The van der Waals surface area contributed by atoms with Crippen LogP contribution in [0.3, 0.4) is 0 Å². The molecule has 1 N–H and O–H groups in total. The van der Waals surface area contributed by atoms with Gasteiger partial charge in [-0.2, -0.15) is 0 Å². The minimum Gasteiger partial charge on any atom is -0.355 e. The fraction of sp³-hybridized carbons (Fsp3) is 0.188. The van der Waals surface area contributed by atoms with Crippen molar-refractivity contribution in [3.63, 3.8) is 0 Å². The van der Waals surface area contributed by atoms with Crippen molar-refractivity contribution in [2.45, 2.75) is 19.9 Å². The van der Waals surface area contributed by atoms with E-state index in [1.165, 1.54) is 21.2 Å². The van der Waals surface area contributed by atoms with Gasteiger partial charge in [0.1, 0.15) is 0 Å². The van der Waals surface area contributed by atoms with Crippen LogP contribution in [-0.2, 0) is 0 Å². The molecule has 1 unspecified atom stereocenters. The third kappa shape index (κ3) is 2.47. The van der Waals surface area contributed by atoms with E-state index >= 15 is 0 Å². The molecule has 1 atom stereocenters. The average Bonchev–Trinajstić information content (AvgIpc) is 2.83. The molecule has 1 heterocycles. The molecule has 0 aliphatic rings. The van der Waals surface area contributed by atoms with Crippen molar-refractivity contribution in [1.29, 1.82) is 0 Å². The molecule has 0 spiro atoms. The summed E-state index contributed by atoms with van der Waals surface area (Å²) >= 11 is 1.69. The zero-order chi connectivity index (χ0) is 13.2. The molecule has 0 aliphatic carbocycles. The maximum atomic E-state index is 4.37. The second-order valence-electron chi connectivity index (χ2n) is 4.71. The first-order chi connectivity index (χ1) is 9.24. The summed E-state index contributed by atoms with van der Waals surface area (Å²) in [5, 5.41) is 7.05. The number of anilines is 1. The molecular formula is C16H16N2S. The Labute approximate surface area is 117 Å². The van der Waals surface area contributed by atoms with Gasteiger partial charge in [-0.3, -0.25) is 0 Å². The number of aromatic nitrogens is 1. The Hall–Kier alpha value is -1.87. The molecule has 0 radical (unpaired) electrons. The van der Waals surface area contributed by atoms with Gasteiger partial charge in [-0.25, -0.2) is 4.98 Å². The minimum absolute atomic E-state index is 0.247. The first kappa shape index (κ1) is 12.2. The Kier molecular flexibility index (Phi) is 3.22. The number of rotatable bonds is 3. The van der Waals surface area contributed by atoms with E-state index in [1.807, 2.05) is 6.20 Å². The summed E-state index contributed by atoms with van der Waals surface area (Å²) in [5.74, 6) is 0. The molecule has 3 heteroatoms. The summed E-state index contributed by atoms with van der Waals surface area (Å²) < 4.78 is 0. The van der Waals surface area contributed by atoms with Crippen LogP contribution in [0.25, 0.3) is 10.8 Å². The lowest BCUT2D eigenvalue weighted by Crippen LogP contribution is -2.06. The van der Waals surface area contributed by atoms with Crippen molar-refractivity contribution in [3.8, 4) is 0 Å². The summed E-state index contributed by atoms with van der Waals surface area (Å²) in [7, 11) is 0. The molecule has 0 amide bonds. The lowest BCUT2D eigenvalue weighted by Gasteiger charge is -2.15. The maximum Gasteiger partial charge on any atom is 0.183 e. The Morgan fingerprint density at radius 1 is 1.11 bits per heavy atom. The summed E-state index contributed by atoms with van der Waals surface area (Å²) in [6.07, 6.45) is 1.91. The van der Waals surface area contributed by atoms with Gasteiger partial charge in [0.05, 0.1) is 6.04 Å². The molecule has 3 rings (SSSR count). The molecule has 19 heavy (non-hydrogen) atoms. The molecule has 3 aromatic rings. The number of nitrogens with one attached hydrogen (secondary N) is 1. The van der Waals surface area contributed by atoms with Crippen molar-refractivity contribution >= 4 is 27.2 Å². The summed E-state index contributed by atoms with van der Waals surface area (Å²) in [5.41, 5.74) is 1.31. The van der Waals surface area contributed by atoms with Gasteiger partial charge in [-0.05, 0) is 30.2 Å². The smallest absolute Gasteiger partial charge is 0.183 e. The summed E-state index contributed by atoms with van der Waals surface area (Å²) in [6.45, 7) is 4.25. The van der Waals surface area contributed by atoms with E-state index in [-0.39, 0.29) is 6.04 Å². The van der Waals surface area contributed by atoms with Crippen LogP contribution in [0.4, 0.5) is 5.13 Å². The number of benzene rings is 2. The first-order valence-electron chi connectivity index (χ1n) is 6.40. The van der Waals surface area contributed by atoms with Gasteiger partial charge in [0, 0.05) is 11.1 Å². The Bertz CT molecular complexity index is 697. The van der Waals surface area contributed by atoms with Crippen LogP contribution in [0.1, 0.15) is 23.4 Å². The third-order valence-corrected chi connectivity index (χ3v) is 4.10. The van der Waals surface area contributed by atoms with Gasteiger partial charge in [0.15, 0.2) is 5.13 Å². The number of thiazole rings is 1. The van der Waals surface area contributed by atoms with Gasteiger partial charge in [-0.15, -0.1) is 11.3 Å². The topological polar surface area (TPSA) is 24.9 Å². The SMILES string of the molecule is Cc1cnc(NC(C)c2cccc3ccccc23)s1. The van der Waals surface area contributed by atoms with Crippen LogP contribution in [0.2, 0.25) is 0 Å². The van der Waals surface area contributed by atoms with Gasteiger partial charge in [0.25, 0.3) is 0 Å². The monoisotopic (exact) mass is 268 g/mol. The predicted octanol–water partition coefficient (Wildman–Crippen LogP) is 4.78. The quantitative estimate of drug-likeness (QED) is 0.739. The van der Waals surface area contributed by atoms with E-state index in [0.717, 1.165) is 5.13 Å². The van der Waals surface area contributed by atoms with Gasteiger partial charge < -0.3 is 5.32 Å². The van der Waals surface area contributed by atoms with Crippen LogP contribution in [0.5, 0.6) is 0 Å². The highest BCUT2D eigenvalue weighted by Crippen LogP contribution is 2.28. The normalized spacial score (nSPS) is 12.5. The molecule has 2 nitrogen and oxygen atoms in total. The molecule has 0 saturated heterocycles. The molecule has 0 saturated carbocycles. The lowest BCUT2D eigenvalue weighted by atomic mass is 10.00. The Morgan fingerprint density at radius 3 is 2.68 bits per heavy atom. The fourth-order valence-corrected chi connectivity index (χ4v) is 3.06. The number of fused-ring (bicyclic) bond motifs is 1. The van der Waals surface area contributed by atoms with Crippen molar-refractivity contribution in [2.24, 2.45) is 0 Å². The largest absolute Gasteiger partial charge is 0.355 e. The lowest BCUT2D eigenvalue weighted by molar-refractivity contribution is 0.891. The molecule has 0 fully saturated rings. The maximum absolute atomic E-state index is 4.37. The van der Waals surface area contributed by atoms with E-state index in [4.69, 9.17) is 0 Å². The second kappa shape index (κ2) is 5.02. The average molecular weight is 268 g/mol. The molecule has 1 aromatic heterocycles. The minimum atomic E-state index is 0.247. The number of hydrogen-bond acceptors (Lipinski definition) is 3. The molecular weight excluding hydrogens is 252 g/mol. The molecule has 96 valence electrons. The first-order valence-corrected chi connectivity index (χ1v) is 7.22. The van der Waals surface area contributed by atoms with Crippen LogP contribution >= 0.6 is 11.3 Å². The van der Waals surface area contributed by atoms with E-state index in [9.17, 15) is 0 Å². The zero-order valence-corrected chi connectivity index (χ0v) is 11.9.